The third kappa shape index (κ3) is 3.79. The predicted octanol–water partition coefficient (Wildman–Crippen LogP) is 4.62. The summed E-state index contributed by atoms with van der Waals surface area (Å²) >= 11 is 12.1. The number of imide groups is 1. The van der Waals surface area contributed by atoms with Gasteiger partial charge >= 0.3 is 0 Å². The van der Waals surface area contributed by atoms with Gasteiger partial charge in [-0.3, -0.25) is 19.7 Å². The van der Waals surface area contributed by atoms with Gasteiger partial charge in [-0.25, -0.2) is 0 Å². The second-order valence-electron chi connectivity index (χ2n) is 8.24. The van der Waals surface area contributed by atoms with E-state index in [2.05, 4.69) is 5.10 Å². The van der Waals surface area contributed by atoms with Crippen molar-refractivity contribution in [2.45, 2.75) is 13.0 Å². The van der Waals surface area contributed by atoms with Crippen LogP contribution in [0.3, 0.4) is 0 Å². The first-order chi connectivity index (χ1) is 15.8. The number of carbonyl (C=O) groups is 2. The van der Waals surface area contributed by atoms with Gasteiger partial charge in [-0.15, -0.1) is 0 Å². The molecule has 3 aliphatic rings. The minimum Gasteiger partial charge on any atom is -0.488 e. The molecule has 0 radical (unpaired) electrons. The zero-order valence-corrected chi connectivity index (χ0v) is 18.6. The number of nitrogens with zero attached hydrogens (tertiary/aromatic N) is 3. The minimum atomic E-state index is -0.545. The Balaban J connectivity index is 1.40. The number of allylic oxidation sites excluding steroid dienone is 2. The van der Waals surface area contributed by atoms with Crippen molar-refractivity contribution in [3.05, 3.63) is 79.8 Å². The van der Waals surface area contributed by atoms with Gasteiger partial charge in [0.1, 0.15) is 12.4 Å². The van der Waals surface area contributed by atoms with E-state index in [0.717, 1.165) is 11.4 Å². The quantitative estimate of drug-likeness (QED) is 0.195. The summed E-state index contributed by atoms with van der Waals surface area (Å²) in [6.07, 6.45) is 6.07. The van der Waals surface area contributed by atoms with E-state index in [1.54, 1.807) is 18.2 Å². The fourth-order valence-electron chi connectivity index (χ4n) is 4.80. The van der Waals surface area contributed by atoms with Gasteiger partial charge in [0, 0.05) is 33.3 Å². The summed E-state index contributed by atoms with van der Waals surface area (Å²) in [5, 5.41) is 17.2. The molecule has 10 heteroatoms. The number of nitro groups is 1. The number of ether oxygens (including phenoxy) is 1. The number of hydrogen-bond donors (Lipinski definition) is 0. The average Bonchev–Trinajstić information content (AvgIpc) is 3.46. The van der Waals surface area contributed by atoms with Crippen molar-refractivity contribution in [2.24, 2.45) is 28.8 Å². The SMILES string of the molecule is O=C1C2C3C=CC(C3)C2C(=O)N1N=Cc1cc([N+](=O)[O-])ccc1OCc1ccc(Cl)cc1Cl. The van der Waals surface area contributed by atoms with Crippen LogP contribution < -0.4 is 4.74 Å². The lowest BCUT2D eigenvalue weighted by Crippen LogP contribution is -2.28. The van der Waals surface area contributed by atoms with Gasteiger partial charge < -0.3 is 4.74 Å². The predicted molar refractivity (Wildman–Crippen MR) is 121 cm³/mol. The second kappa shape index (κ2) is 8.28. The largest absolute Gasteiger partial charge is 0.488 e. The van der Waals surface area contributed by atoms with Crippen molar-refractivity contribution >= 4 is 46.9 Å². The van der Waals surface area contributed by atoms with Crippen LogP contribution in [0.15, 0.2) is 53.7 Å². The normalized spacial score (nSPS) is 25.3. The van der Waals surface area contributed by atoms with Crippen LogP contribution in [0.1, 0.15) is 17.5 Å². The molecule has 2 aliphatic carbocycles. The molecular formula is C23H17Cl2N3O5. The topological polar surface area (TPSA) is 102 Å². The van der Waals surface area contributed by atoms with Gasteiger partial charge in [-0.05, 0) is 36.5 Å². The Hall–Kier alpha value is -3.23. The molecular weight excluding hydrogens is 469 g/mol. The van der Waals surface area contributed by atoms with Crippen LogP contribution in [0.25, 0.3) is 0 Å². The standard InChI is InChI=1S/C23H17Cl2N3O5/c24-16-4-3-14(18(25)9-16)11-33-19-6-5-17(28(31)32)8-15(19)10-26-27-22(29)20-12-1-2-13(7-12)21(20)23(27)30/h1-6,8-10,12-13,20-21H,7,11H2. The molecule has 2 aromatic carbocycles. The van der Waals surface area contributed by atoms with Crippen LogP contribution in [-0.2, 0) is 16.2 Å². The molecule has 2 fully saturated rings. The van der Waals surface area contributed by atoms with Crippen LogP contribution in [-0.4, -0.2) is 28.0 Å². The lowest BCUT2D eigenvalue weighted by Gasteiger charge is -2.13. The molecule has 1 heterocycles. The number of nitro benzene ring substituents is 1. The van der Waals surface area contributed by atoms with Crippen molar-refractivity contribution in [1.82, 2.24) is 5.01 Å². The third-order valence-electron chi connectivity index (χ3n) is 6.36. The van der Waals surface area contributed by atoms with Gasteiger partial charge in [0.2, 0.25) is 0 Å². The number of rotatable bonds is 6. The van der Waals surface area contributed by atoms with Crippen molar-refractivity contribution in [1.29, 1.82) is 0 Å². The number of hydrogen-bond acceptors (Lipinski definition) is 6. The first kappa shape index (κ1) is 21.6. The zero-order chi connectivity index (χ0) is 23.3. The second-order valence-corrected chi connectivity index (χ2v) is 9.08. The smallest absolute Gasteiger partial charge is 0.270 e. The Bertz CT molecular complexity index is 1210. The first-order valence-corrected chi connectivity index (χ1v) is 11.0. The van der Waals surface area contributed by atoms with Gasteiger partial charge in [-0.1, -0.05) is 41.4 Å². The average molecular weight is 486 g/mol. The molecule has 2 aromatic rings. The molecule has 2 amide bonds. The fraction of sp³-hybridized carbons (Fsp3) is 0.261. The summed E-state index contributed by atoms with van der Waals surface area (Å²) < 4.78 is 5.83. The molecule has 5 rings (SSSR count). The molecule has 2 bridgehead atoms. The highest BCUT2D eigenvalue weighted by atomic mass is 35.5. The van der Waals surface area contributed by atoms with Crippen LogP contribution >= 0.6 is 23.2 Å². The lowest BCUT2D eigenvalue weighted by molar-refractivity contribution is -0.384. The molecule has 1 saturated carbocycles. The van der Waals surface area contributed by atoms with E-state index < -0.39 is 4.92 Å². The number of fused-ring (bicyclic) bond motifs is 5. The maximum Gasteiger partial charge on any atom is 0.270 e. The summed E-state index contributed by atoms with van der Waals surface area (Å²) in [4.78, 5) is 36.4. The number of hydrazone groups is 1. The lowest BCUT2D eigenvalue weighted by atomic mass is 9.85. The highest BCUT2D eigenvalue weighted by Crippen LogP contribution is 2.52. The maximum atomic E-state index is 12.8. The number of non-ortho nitro benzene ring substituents is 1. The monoisotopic (exact) mass is 485 g/mol. The molecule has 168 valence electrons. The van der Waals surface area contributed by atoms with Gasteiger partial charge in [-0.2, -0.15) is 10.1 Å². The van der Waals surface area contributed by atoms with E-state index in [1.807, 2.05) is 12.2 Å². The van der Waals surface area contributed by atoms with Gasteiger partial charge in [0.25, 0.3) is 17.5 Å². The summed E-state index contributed by atoms with van der Waals surface area (Å²) in [5.74, 6) is -1.00. The molecule has 0 spiro atoms. The highest BCUT2D eigenvalue weighted by molar-refractivity contribution is 6.35. The van der Waals surface area contributed by atoms with Crippen LogP contribution in [0.5, 0.6) is 5.75 Å². The first-order valence-electron chi connectivity index (χ1n) is 10.3. The molecule has 0 N–H and O–H groups in total. The Morgan fingerprint density at radius 1 is 1.09 bits per heavy atom. The molecule has 1 aliphatic heterocycles. The van der Waals surface area contributed by atoms with Crippen LogP contribution in [0, 0.1) is 33.8 Å². The van der Waals surface area contributed by atoms with E-state index in [-0.39, 0.29) is 59.1 Å². The van der Waals surface area contributed by atoms with Gasteiger partial charge in [0.05, 0.1) is 23.0 Å². The number of amides is 2. The molecule has 4 unspecified atom stereocenters. The van der Waals surface area contributed by atoms with Crippen molar-refractivity contribution in [2.75, 3.05) is 0 Å². The molecule has 4 atom stereocenters. The van der Waals surface area contributed by atoms with E-state index in [4.69, 9.17) is 27.9 Å². The Morgan fingerprint density at radius 2 is 1.79 bits per heavy atom. The van der Waals surface area contributed by atoms with Crippen molar-refractivity contribution in [3.63, 3.8) is 0 Å². The van der Waals surface area contributed by atoms with Crippen LogP contribution in [0.2, 0.25) is 10.0 Å². The zero-order valence-electron chi connectivity index (χ0n) is 17.1. The molecule has 8 nitrogen and oxygen atoms in total. The van der Waals surface area contributed by atoms with Gasteiger partial charge in [0.15, 0.2) is 0 Å². The molecule has 1 saturated heterocycles. The van der Waals surface area contributed by atoms with E-state index >= 15 is 0 Å². The van der Waals surface area contributed by atoms with Crippen molar-refractivity contribution in [3.8, 4) is 5.75 Å². The highest BCUT2D eigenvalue weighted by Gasteiger charge is 2.59. The molecule has 33 heavy (non-hydrogen) atoms. The Labute approximate surface area is 198 Å². The fourth-order valence-corrected chi connectivity index (χ4v) is 5.26. The van der Waals surface area contributed by atoms with E-state index in [9.17, 15) is 19.7 Å². The summed E-state index contributed by atoms with van der Waals surface area (Å²) in [7, 11) is 0. The van der Waals surface area contributed by atoms with Crippen molar-refractivity contribution < 1.29 is 19.2 Å². The molecule has 0 aromatic heterocycles. The summed E-state index contributed by atoms with van der Waals surface area (Å²) in [6.45, 7) is 0.0788. The third-order valence-corrected chi connectivity index (χ3v) is 6.95. The summed E-state index contributed by atoms with van der Waals surface area (Å²) in [5.41, 5.74) is 0.752. The number of benzene rings is 2. The Morgan fingerprint density at radius 3 is 2.42 bits per heavy atom. The van der Waals surface area contributed by atoms with E-state index in [1.165, 1.54) is 24.4 Å². The maximum absolute atomic E-state index is 12.8. The number of halogens is 2. The van der Waals surface area contributed by atoms with E-state index in [0.29, 0.717) is 15.6 Å². The minimum absolute atomic E-state index is 0.0671. The number of carbonyl (C=O) groups excluding carboxylic acids is 2. The summed E-state index contributed by atoms with van der Waals surface area (Å²) in [6, 6.07) is 9.00. The Kier molecular flexibility index (Phi) is 5.42. The van der Waals surface area contributed by atoms with Crippen LogP contribution in [0.4, 0.5) is 5.69 Å².